The molecule has 0 spiro atoms. The molecule has 2 amide bonds. The van der Waals surface area contributed by atoms with Crippen LogP contribution in [-0.4, -0.2) is 37.5 Å². The topological polar surface area (TPSA) is 67.9 Å². The smallest absolute Gasteiger partial charge is 0.259 e. The molecular formula is C22H24N2O4. The molecule has 0 radical (unpaired) electrons. The minimum absolute atomic E-state index is 0.227. The van der Waals surface area contributed by atoms with E-state index in [2.05, 4.69) is 5.32 Å². The summed E-state index contributed by atoms with van der Waals surface area (Å²) in [4.78, 5) is 27.1. The van der Waals surface area contributed by atoms with Gasteiger partial charge in [-0.1, -0.05) is 12.1 Å². The van der Waals surface area contributed by atoms with Crippen molar-refractivity contribution in [2.75, 3.05) is 26.1 Å². The van der Waals surface area contributed by atoms with E-state index < -0.39 is 0 Å². The molecule has 0 bridgehead atoms. The number of benzene rings is 2. The van der Waals surface area contributed by atoms with Gasteiger partial charge in [0.25, 0.3) is 5.91 Å². The van der Waals surface area contributed by atoms with Crippen molar-refractivity contribution in [1.29, 1.82) is 0 Å². The number of hydrogen-bond donors (Lipinski definition) is 1. The number of nitrogens with zero attached hydrogens (tertiary/aromatic N) is 1. The maximum atomic E-state index is 12.8. The van der Waals surface area contributed by atoms with E-state index in [9.17, 15) is 9.59 Å². The lowest BCUT2D eigenvalue weighted by Crippen LogP contribution is -2.36. The van der Waals surface area contributed by atoms with Gasteiger partial charge in [0.15, 0.2) is 11.5 Å². The van der Waals surface area contributed by atoms with Crippen LogP contribution in [0, 0.1) is 5.92 Å². The zero-order valence-corrected chi connectivity index (χ0v) is 16.2. The van der Waals surface area contributed by atoms with Gasteiger partial charge in [-0.2, -0.15) is 0 Å². The Morgan fingerprint density at radius 1 is 1.07 bits per heavy atom. The number of para-hydroxylation sites is 1. The highest BCUT2D eigenvalue weighted by Crippen LogP contribution is 2.34. The molecule has 2 aromatic carbocycles. The molecule has 1 fully saturated rings. The zero-order valence-electron chi connectivity index (χ0n) is 16.2. The van der Waals surface area contributed by atoms with E-state index in [0.29, 0.717) is 29.3 Å². The Balaban J connectivity index is 1.53. The van der Waals surface area contributed by atoms with E-state index in [1.165, 1.54) is 19.8 Å². The van der Waals surface area contributed by atoms with Crippen LogP contribution in [0.15, 0.2) is 36.4 Å². The average Bonchev–Trinajstić information content (AvgIpc) is 3.57. The van der Waals surface area contributed by atoms with Gasteiger partial charge in [0.2, 0.25) is 5.91 Å². The van der Waals surface area contributed by atoms with Crippen LogP contribution in [0.1, 0.15) is 34.3 Å². The largest absolute Gasteiger partial charge is 0.493 e. The molecule has 28 heavy (non-hydrogen) atoms. The van der Waals surface area contributed by atoms with Crippen LogP contribution in [0.3, 0.4) is 0 Å². The lowest BCUT2D eigenvalue weighted by atomic mass is 9.98. The number of rotatable bonds is 5. The highest BCUT2D eigenvalue weighted by atomic mass is 16.5. The van der Waals surface area contributed by atoms with E-state index in [0.717, 1.165) is 31.4 Å². The van der Waals surface area contributed by atoms with E-state index in [-0.39, 0.29) is 17.7 Å². The van der Waals surface area contributed by atoms with Crippen LogP contribution >= 0.6 is 0 Å². The summed E-state index contributed by atoms with van der Waals surface area (Å²) < 4.78 is 10.6. The Labute approximate surface area is 164 Å². The van der Waals surface area contributed by atoms with Gasteiger partial charge in [0, 0.05) is 24.7 Å². The summed E-state index contributed by atoms with van der Waals surface area (Å²) in [5, 5.41) is 2.94. The molecule has 2 aliphatic rings. The van der Waals surface area contributed by atoms with Crippen LogP contribution in [-0.2, 0) is 17.8 Å². The molecule has 1 saturated carbocycles. The molecule has 146 valence electrons. The SMILES string of the molecule is COc1cccc(C(=O)Nc2ccc3c(c2)CN(C(=O)C2CC2)CC3)c1OC. The Hall–Kier alpha value is -3.02. The summed E-state index contributed by atoms with van der Waals surface area (Å²) in [6.45, 7) is 1.38. The summed E-state index contributed by atoms with van der Waals surface area (Å²) in [6, 6.07) is 11.1. The number of methoxy groups -OCH3 is 2. The molecule has 4 rings (SSSR count). The quantitative estimate of drug-likeness (QED) is 0.865. The Morgan fingerprint density at radius 3 is 2.61 bits per heavy atom. The lowest BCUT2D eigenvalue weighted by molar-refractivity contribution is -0.133. The Morgan fingerprint density at radius 2 is 1.89 bits per heavy atom. The number of hydrogen-bond acceptors (Lipinski definition) is 4. The highest BCUT2D eigenvalue weighted by Gasteiger charge is 2.34. The second-order valence-electron chi connectivity index (χ2n) is 7.26. The molecule has 6 heteroatoms. The maximum absolute atomic E-state index is 12.8. The number of nitrogens with one attached hydrogen (secondary N) is 1. The molecule has 0 unspecified atom stereocenters. The van der Waals surface area contributed by atoms with Crippen molar-refractivity contribution in [3.8, 4) is 11.5 Å². The summed E-state index contributed by atoms with van der Waals surface area (Å²) in [5.41, 5.74) is 3.44. The molecule has 1 aliphatic heterocycles. The molecule has 6 nitrogen and oxygen atoms in total. The second kappa shape index (κ2) is 7.54. The van der Waals surface area contributed by atoms with Crippen molar-refractivity contribution in [2.45, 2.75) is 25.8 Å². The minimum atomic E-state index is -0.266. The number of ether oxygens (including phenoxy) is 2. The van der Waals surface area contributed by atoms with Crippen LogP contribution in [0.25, 0.3) is 0 Å². The van der Waals surface area contributed by atoms with Gasteiger partial charge in [0.05, 0.1) is 19.8 Å². The molecule has 2 aromatic rings. The van der Waals surface area contributed by atoms with Gasteiger partial charge >= 0.3 is 0 Å². The Bertz CT molecular complexity index is 921. The average molecular weight is 380 g/mol. The first-order chi connectivity index (χ1) is 13.6. The van der Waals surface area contributed by atoms with Gasteiger partial charge in [-0.3, -0.25) is 9.59 Å². The number of amides is 2. The van der Waals surface area contributed by atoms with E-state index in [4.69, 9.17) is 9.47 Å². The molecule has 1 heterocycles. The summed E-state index contributed by atoms with van der Waals surface area (Å²) in [6.07, 6.45) is 2.88. The molecule has 0 atom stereocenters. The van der Waals surface area contributed by atoms with E-state index in [1.807, 2.05) is 23.1 Å². The summed E-state index contributed by atoms with van der Waals surface area (Å²) in [7, 11) is 3.05. The van der Waals surface area contributed by atoms with E-state index >= 15 is 0 Å². The first-order valence-electron chi connectivity index (χ1n) is 9.53. The third kappa shape index (κ3) is 3.54. The molecule has 0 saturated heterocycles. The van der Waals surface area contributed by atoms with Crippen molar-refractivity contribution in [2.24, 2.45) is 5.92 Å². The minimum Gasteiger partial charge on any atom is -0.493 e. The predicted octanol–water partition coefficient (Wildman–Crippen LogP) is 3.25. The third-order valence-electron chi connectivity index (χ3n) is 5.36. The van der Waals surface area contributed by atoms with Gasteiger partial charge in [0.1, 0.15) is 0 Å². The normalized spacial score (nSPS) is 15.6. The van der Waals surface area contributed by atoms with Gasteiger partial charge in [-0.25, -0.2) is 0 Å². The van der Waals surface area contributed by atoms with Crippen LogP contribution in [0.4, 0.5) is 5.69 Å². The zero-order chi connectivity index (χ0) is 19.7. The molecule has 0 aromatic heterocycles. The van der Waals surface area contributed by atoms with Gasteiger partial charge in [-0.05, 0) is 54.7 Å². The fourth-order valence-corrected chi connectivity index (χ4v) is 3.68. The van der Waals surface area contributed by atoms with Crippen LogP contribution in [0.2, 0.25) is 0 Å². The van der Waals surface area contributed by atoms with Crippen molar-refractivity contribution in [3.05, 3.63) is 53.1 Å². The van der Waals surface area contributed by atoms with Crippen LogP contribution < -0.4 is 14.8 Å². The fourth-order valence-electron chi connectivity index (χ4n) is 3.68. The van der Waals surface area contributed by atoms with Crippen molar-refractivity contribution in [1.82, 2.24) is 4.90 Å². The van der Waals surface area contributed by atoms with Crippen molar-refractivity contribution >= 4 is 17.5 Å². The third-order valence-corrected chi connectivity index (χ3v) is 5.36. The number of carbonyl (C=O) groups excluding carboxylic acids is 2. The first kappa shape index (κ1) is 18.3. The highest BCUT2D eigenvalue weighted by molar-refractivity contribution is 6.06. The number of anilines is 1. The van der Waals surface area contributed by atoms with E-state index in [1.54, 1.807) is 18.2 Å². The predicted molar refractivity (Wildman–Crippen MR) is 106 cm³/mol. The van der Waals surface area contributed by atoms with Crippen molar-refractivity contribution < 1.29 is 19.1 Å². The molecule has 1 aliphatic carbocycles. The standard InChI is InChI=1S/C22H24N2O4/c1-27-19-5-3-4-18(20(19)28-2)21(25)23-17-9-8-14-10-11-24(13-16(14)12-17)22(26)15-6-7-15/h3-5,8-9,12,15H,6-7,10-11,13H2,1-2H3,(H,23,25). The lowest BCUT2D eigenvalue weighted by Gasteiger charge is -2.29. The second-order valence-corrected chi connectivity index (χ2v) is 7.26. The van der Waals surface area contributed by atoms with Gasteiger partial charge < -0.3 is 19.7 Å². The first-order valence-corrected chi connectivity index (χ1v) is 9.53. The molecular weight excluding hydrogens is 356 g/mol. The Kier molecular flexibility index (Phi) is 4.94. The number of fused-ring (bicyclic) bond motifs is 1. The fraction of sp³-hybridized carbons (Fsp3) is 0.364. The van der Waals surface area contributed by atoms with Gasteiger partial charge in [-0.15, -0.1) is 0 Å². The maximum Gasteiger partial charge on any atom is 0.259 e. The molecule has 1 N–H and O–H groups in total. The summed E-state index contributed by atoms with van der Waals surface area (Å²) in [5.74, 6) is 1.14. The van der Waals surface area contributed by atoms with Crippen molar-refractivity contribution in [3.63, 3.8) is 0 Å². The summed E-state index contributed by atoms with van der Waals surface area (Å²) >= 11 is 0. The number of carbonyl (C=O) groups is 2. The van der Waals surface area contributed by atoms with Crippen LogP contribution in [0.5, 0.6) is 11.5 Å². The monoisotopic (exact) mass is 380 g/mol.